The fourth-order valence-corrected chi connectivity index (χ4v) is 2.73. The molecule has 0 aliphatic carbocycles. The molecule has 0 N–H and O–H groups in total. The molecular weight excluding hydrogens is 344 g/mol. The second-order valence-corrected chi connectivity index (χ2v) is 5.99. The van der Waals surface area contributed by atoms with Crippen LogP contribution in [0.15, 0.2) is 39.5 Å². The van der Waals surface area contributed by atoms with Crippen molar-refractivity contribution in [1.82, 2.24) is 19.7 Å². The van der Waals surface area contributed by atoms with Gasteiger partial charge in [0, 0.05) is 19.0 Å². The quantitative estimate of drug-likeness (QED) is 0.406. The molecule has 4 aromatic rings. The van der Waals surface area contributed by atoms with Gasteiger partial charge in [-0.3, -0.25) is 9.59 Å². The fraction of sp³-hybridized carbons (Fsp3) is 0.118. The van der Waals surface area contributed by atoms with Gasteiger partial charge in [-0.15, -0.1) is 0 Å². The Balaban J connectivity index is 2.03. The molecule has 0 aliphatic heterocycles. The zero-order valence-electron chi connectivity index (χ0n) is 13.3. The molecule has 0 saturated carbocycles. The molecule has 1 aromatic carbocycles. The molecule has 3 aromatic heterocycles. The molecule has 0 fully saturated rings. The third kappa shape index (κ3) is 2.49. The first kappa shape index (κ1) is 15.5. The monoisotopic (exact) mass is 354 g/mol. The van der Waals surface area contributed by atoms with Crippen molar-refractivity contribution >= 4 is 39.6 Å². The molecule has 0 saturated heterocycles. The van der Waals surface area contributed by atoms with Crippen molar-refractivity contribution in [1.29, 1.82) is 0 Å². The van der Waals surface area contributed by atoms with Gasteiger partial charge in [0.1, 0.15) is 0 Å². The average molecular weight is 355 g/mol. The summed E-state index contributed by atoms with van der Waals surface area (Å²) in [5.74, 6) is 0.139. The number of fused-ring (bicyclic) bond motifs is 2. The number of hydrogen-bond acceptors (Lipinski definition) is 6. The van der Waals surface area contributed by atoms with Gasteiger partial charge in [-0.25, -0.2) is 14.6 Å². The molecule has 0 spiro atoms. The Kier molecular flexibility index (Phi) is 3.40. The highest BCUT2D eigenvalue weighted by Gasteiger charge is 2.18. The minimum atomic E-state index is -0.424. The fourth-order valence-electron chi connectivity index (χ4n) is 2.57. The van der Waals surface area contributed by atoms with Crippen molar-refractivity contribution in [2.24, 2.45) is 7.05 Å². The van der Waals surface area contributed by atoms with Crippen molar-refractivity contribution in [2.45, 2.75) is 6.92 Å². The van der Waals surface area contributed by atoms with E-state index in [0.29, 0.717) is 21.7 Å². The van der Waals surface area contributed by atoms with Crippen molar-refractivity contribution in [3.8, 4) is 11.5 Å². The minimum absolute atomic E-state index is 0.0678. The van der Waals surface area contributed by atoms with Crippen molar-refractivity contribution < 1.29 is 9.21 Å². The van der Waals surface area contributed by atoms with Crippen molar-refractivity contribution in [2.75, 3.05) is 0 Å². The molecule has 4 rings (SSSR count). The zero-order valence-corrected chi connectivity index (χ0v) is 14.0. The summed E-state index contributed by atoms with van der Waals surface area (Å²) in [5, 5.41) is 4.74. The summed E-state index contributed by atoms with van der Waals surface area (Å²) < 4.78 is 6.89. The maximum atomic E-state index is 12.8. The first-order valence-electron chi connectivity index (χ1n) is 7.39. The maximum absolute atomic E-state index is 12.8. The van der Waals surface area contributed by atoms with Crippen LogP contribution in [0.3, 0.4) is 0 Å². The van der Waals surface area contributed by atoms with Crippen LogP contribution in [0.25, 0.3) is 33.7 Å². The van der Waals surface area contributed by atoms with E-state index in [0.717, 1.165) is 0 Å². The lowest BCUT2D eigenvalue weighted by molar-refractivity contribution is 0.0988. The van der Waals surface area contributed by atoms with Crippen LogP contribution >= 0.6 is 11.6 Å². The molecule has 25 heavy (non-hydrogen) atoms. The topological polar surface area (TPSA) is 90.9 Å². The number of nitrogens with zero attached hydrogens (tertiary/aromatic N) is 4. The average Bonchev–Trinajstić information content (AvgIpc) is 3.07. The van der Waals surface area contributed by atoms with Gasteiger partial charge in [-0.05, 0) is 30.3 Å². The number of rotatable bonds is 2. The lowest BCUT2D eigenvalue weighted by atomic mass is 10.2. The van der Waals surface area contributed by atoms with E-state index in [1.165, 1.54) is 23.7 Å². The standard InChI is InChI=1S/C17H11ClN4O3/c1-8(23)12-5-6-13(25-12)14-16(24)15-17(22(2)21-14)20-10-4-3-9(18)7-11(10)19-15/h3-7H,1-2H3. The summed E-state index contributed by atoms with van der Waals surface area (Å²) in [6.07, 6.45) is 0. The number of Topliss-reactive ketones (excluding diaryl/α,β-unsaturated/α-hetero) is 1. The lowest BCUT2D eigenvalue weighted by Gasteiger charge is -2.07. The van der Waals surface area contributed by atoms with Crippen LogP contribution in [0.4, 0.5) is 0 Å². The smallest absolute Gasteiger partial charge is 0.239 e. The van der Waals surface area contributed by atoms with Crippen LogP contribution in [0.2, 0.25) is 5.02 Å². The Morgan fingerprint density at radius 2 is 1.96 bits per heavy atom. The molecule has 0 atom stereocenters. The van der Waals surface area contributed by atoms with Crippen molar-refractivity contribution in [3.05, 3.63) is 51.3 Å². The Hall–Kier alpha value is -3.06. The van der Waals surface area contributed by atoms with E-state index in [1.807, 2.05) is 0 Å². The molecule has 0 aliphatic rings. The number of aromatic nitrogens is 4. The minimum Gasteiger partial charge on any atom is -0.451 e. The summed E-state index contributed by atoms with van der Waals surface area (Å²) in [7, 11) is 1.66. The molecule has 124 valence electrons. The number of carbonyl (C=O) groups is 1. The predicted molar refractivity (Wildman–Crippen MR) is 92.8 cm³/mol. The van der Waals surface area contributed by atoms with Crippen LogP contribution in [0.1, 0.15) is 17.5 Å². The summed E-state index contributed by atoms with van der Waals surface area (Å²) in [6.45, 7) is 1.38. The highest BCUT2D eigenvalue weighted by molar-refractivity contribution is 6.31. The molecule has 0 radical (unpaired) electrons. The van der Waals surface area contributed by atoms with E-state index < -0.39 is 5.43 Å². The van der Waals surface area contributed by atoms with Crippen LogP contribution in [0, 0.1) is 0 Å². The van der Waals surface area contributed by atoms with Gasteiger partial charge in [-0.2, -0.15) is 5.10 Å². The number of hydrogen-bond donors (Lipinski definition) is 0. The largest absolute Gasteiger partial charge is 0.451 e. The molecular formula is C17H11ClN4O3. The van der Waals surface area contributed by atoms with E-state index in [2.05, 4.69) is 15.1 Å². The number of carbonyl (C=O) groups excluding carboxylic acids is 1. The number of aryl methyl sites for hydroxylation is 1. The molecule has 0 unspecified atom stereocenters. The molecule has 0 bridgehead atoms. The summed E-state index contributed by atoms with van der Waals surface area (Å²) >= 11 is 5.99. The number of furan rings is 1. The molecule has 3 heterocycles. The second kappa shape index (κ2) is 5.49. The van der Waals surface area contributed by atoms with Gasteiger partial charge in [0.05, 0.1) is 11.0 Å². The van der Waals surface area contributed by atoms with E-state index in [1.54, 1.807) is 25.2 Å². The summed E-state index contributed by atoms with van der Waals surface area (Å²) in [4.78, 5) is 33.1. The Morgan fingerprint density at radius 1 is 1.16 bits per heavy atom. The van der Waals surface area contributed by atoms with E-state index in [4.69, 9.17) is 16.0 Å². The van der Waals surface area contributed by atoms with E-state index in [-0.39, 0.29) is 28.5 Å². The first-order valence-corrected chi connectivity index (χ1v) is 7.77. The number of ketones is 1. The number of benzene rings is 1. The van der Waals surface area contributed by atoms with Gasteiger partial charge < -0.3 is 4.42 Å². The maximum Gasteiger partial charge on any atom is 0.239 e. The molecule has 8 heteroatoms. The first-order chi connectivity index (χ1) is 11.9. The van der Waals surface area contributed by atoms with Gasteiger partial charge in [-0.1, -0.05) is 11.6 Å². The highest BCUT2D eigenvalue weighted by Crippen LogP contribution is 2.21. The van der Waals surface area contributed by atoms with Gasteiger partial charge >= 0.3 is 0 Å². The normalized spacial score (nSPS) is 11.3. The van der Waals surface area contributed by atoms with Crippen molar-refractivity contribution in [3.63, 3.8) is 0 Å². The highest BCUT2D eigenvalue weighted by atomic mass is 35.5. The van der Waals surface area contributed by atoms with Crippen LogP contribution in [-0.2, 0) is 7.05 Å². The molecule has 7 nitrogen and oxygen atoms in total. The van der Waals surface area contributed by atoms with Crippen LogP contribution in [-0.4, -0.2) is 25.5 Å². The Morgan fingerprint density at radius 3 is 2.68 bits per heavy atom. The summed E-state index contributed by atoms with van der Waals surface area (Å²) in [5.41, 5.74) is 1.27. The van der Waals surface area contributed by atoms with E-state index >= 15 is 0 Å². The van der Waals surface area contributed by atoms with Gasteiger partial charge in [0.2, 0.25) is 5.43 Å². The Labute approximate surface area is 145 Å². The third-order valence-electron chi connectivity index (χ3n) is 3.78. The summed E-state index contributed by atoms with van der Waals surface area (Å²) in [6, 6.07) is 8.13. The van der Waals surface area contributed by atoms with Gasteiger partial charge in [0.25, 0.3) is 0 Å². The van der Waals surface area contributed by atoms with Gasteiger partial charge in [0.15, 0.2) is 34.2 Å². The Bertz CT molecular complexity index is 1230. The zero-order chi connectivity index (χ0) is 17.7. The molecule has 0 amide bonds. The van der Waals surface area contributed by atoms with Crippen LogP contribution < -0.4 is 5.43 Å². The predicted octanol–water partition coefficient (Wildman–Crippen LogP) is 2.99. The van der Waals surface area contributed by atoms with Crippen LogP contribution in [0.5, 0.6) is 0 Å². The van der Waals surface area contributed by atoms with E-state index in [9.17, 15) is 9.59 Å². The number of halogens is 1. The third-order valence-corrected chi connectivity index (χ3v) is 4.02. The lowest BCUT2D eigenvalue weighted by Crippen LogP contribution is -2.16. The SMILES string of the molecule is CC(=O)c1ccc(-c2nn(C)c3nc4ccc(Cl)cc4nc3c2=O)o1. The second-order valence-electron chi connectivity index (χ2n) is 5.55.